The van der Waals surface area contributed by atoms with E-state index in [1.165, 1.54) is 17.7 Å². The van der Waals surface area contributed by atoms with E-state index in [0.717, 1.165) is 21.1 Å². The maximum Gasteiger partial charge on any atom is 0.0634 e. The fourth-order valence-electron chi connectivity index (χ4n) is 2.08. The van der Waals surface area contributed by atoms with Crippen LogP contribution in [0.3, 0.4) is 0 Å². The molecule has 1 heterocycles. The summed E-state index contributed by atoms with van der Waals surface area (Å²) in [6.07, 6.45) is 2.64. The predicted octanol–water partition coefficient (Wildman–Crippen LogP) is 5.73. The SMILES string of the molecule is Clc1cc(NC(c2cccs2)C2CC2)ccc1Br. The second kappa shape index (κ2) is 5.24. The first-order valence-electron chi connectivity index (χ1n) is 5.99. The van der Waals surface area contributed by atoms with E-state index in [1.807, 2.05) is 23.5 Å². The molecular weight excluding hydrogens is 330 g/mol. The fourth-order valence-corrected chi connectivity index (χ4v) is 3.38. The summed E-state index contributed by atoms with van der Waals surface area (Å²) < 4.78 is 0.939. The number of hydrogen-bond donors (Lipinski definition) is 1. The van der Waals surface area contributed by atoms with Crippen LogP contribution in [0.15, 0.2) is 40.2 Å². The molecular formula is C14H13BrClNS. The molecule has 0 aliphatic heterocycles. The molecule has 1 aliphatic rings. The Bertz CT molecular complexity index is 537. The van der Waals surface area contributed by atoms with Crippen molar-refractivity contribution < 1.29 is 0 Å². The number of thiophene rings is 1. The zero-order chi connectivity index (χ0) is 12.5. The van der Waals surface area contributed by atoms with Crippen LogP contribution in [-0.2, 0) is 0 Å². The Hall–Kier alpha value is -0.510. The molecule has 1 aromatic heterocycles. The van der Waals surface area contributed by atoms with Gasteiger partial charge >= 0.3 is 0 Å². The molecule has 1 atom stereocenters. The lowest BCUT2D eigenvalue weighted by atomic mass is 10.1. The highest BCUT2D eigenvalue weighted by Gasteiger charge is 2.32. The van der Waals surface area contributed by atoms with Crippen molar-refractivity contribution in [2.45, 2.75) is 18.9 Å². The van der Waals surface area contributed by atoms with Gasteiger partial charge in [-0.15, -0.1) is 11.3 Å². The highest BCUT2D eigenvalue weighted by molar-refractivity contribution is 9.10. The van der Waals surface area contributed by atoms with E-state index >= 15 is 0 Å². The van der Waals surface area contributed by atoms with E-state index in [0.29, 0.717) is 6.04 Å². The van der Waals surface area contributed by atoms with Gasteiger partial charge < -0.3 is 5.32 Å². The molecule has 4 heteroatoms. The minimum absolute atomic E-state index is 0.433. The van der Waals surface area contributed by atoms with E-state index in [4.69, 9.17) is 11.6 Å². The second-order valence-corrected chi connectivity index (χ2v) is 6.84. The third-order valence-corrected chi connectivity index (χ3v) is 5.37. The molecule has 1 N–H and O–H groups in total. The van der Waals surface area contributed by atoms with Crippen molar-refractivity contribution in [3.05, 3.63) is 50.1 Å². The summed E-state index contributed by atoms with van der Waals surface area (Å²) in [6, 6.07) is 10.8. The first-order chi connectivity index (χ1) is 8.74. The summed E-state index contributed by atoms with van der Waals surface area (Å²) in [5, 5.41) is 6.51. The van der Waals surface area contributed by atoms with Crippen molar-refractivity contribution in [2.24, 2.45) is 5.92 Å². The Morgan fingerprint density at radius 2 is 2.17 bits per heavy atom. The van der Waals surface area contributed by atoms with E-state index in [9.17, 15) is 0 Å². The highest BCUT2D eigenvalue weighted by atomic mass is 79.9. The molecule has 0 amide bonds. The van der Waals surface area contributed by atoms with Gasteiger partial charge in [-0.1, -0.05) is 17.7 Å². The molecule has 1 nitrogen and oxygen atoms in total. The smallest absolute Gasteiger partial charge is 0.0634 e. The van der Waals surface area contributed by atoms with Crippen LogP contribution in [0.2, 0.25) is 5.02 Å². The lowest BCUT2D eigenvalue weighted by Crippen LogP contribution is -2.11. The topological polar surface area (TPSA) is 12.0 Å². The summed E-state index contributed by atoms with van der Waals surface area (Å²) in [4.78, 5) is 1.41. The molecule has 2 aromatic rings. The average molecular weight is 343 g/mol. The van der Waals surface area contributed by atoms with Crippen molar-refractivity contribution in [1.82, 2.24) is 0 Å². The van der Waals surface area contributed by atoms with Gasteiger partial charge in [-0.3, -0.25) is 0 Å². The van der Waals surface area contributed by atoms with Crippen molar-refractivity contribution in [3.63, 3.8) is 0 Å². The molecule has 1 aromatic carbocycles. The van der Waals surface area contributed by atoms with E-state index < -0.39 is 0 Å². The molecule has 0 saturated heterocycles. The van der Waals surface area contributed by atoms with Gasteiger partial charge in [0.1, 0.15) is 0 Å². The zero-order valence-corrected chi connectivity index (χ0v) is 12.9. The van der Waals surface area contributed by atoms with Gasteiger partial charge in [-0.05, 0) is 64.3 Å². The Morgan fingerprint density at radius 3 is 2.78 bits per heavy atom. The predicted molar refractivity (Wildman–Crippen MR) is 82.6 cm³/mol. The maximum absolute atomic E-state index is 6.13. The summed E-state index contributed by atoms with van der Waals surface area (Å²) >= 11 is 11.4. The van der Waals surface area contributed by atoms with Crippen LogP contribution in [0.25, 0.3) is 0 Å². The van der Waals surface area contributed by atoms with Gasteiger partial charge in [0.25, 0.3) is 0 Å². The number of halogens is 2. The molecule has 1 aliphatic carbocycles. The number of anilines is 1. The summed E-state index contributed by atoms with van der Waals surface area (Å²) in [6.45, 7) is 0. The molecule has 1 unspecified atom stereocenters. The third-order valence-electron chi connectivity index (χ3n) is 3.18. The molecule has 0 bridgehead atoms. The Labute approximate surface area is 124 Å². The van der Waals surface area contributed by atoms with Crippen LogP contribution in [-0.4, -0.2) is 0 Å². The van der Waals surface area contributed by atoms with E-state index in [2.05, 4.69) is 44.8 Å². The van der Waals surface area contributed by atoms with Gasteiger partial charge in [0, 0.05) is 15.0 Å². The van der Waals surface area contributed by atoms with Crippen LogP contribution < -0.4 is 5.32 Å². The maximum atomic E-state index is 6.13. The van der Waals surface area contributed by atoms with Crippen molar-refractivity contribution in [1.29, 1.82) is 0 Å². The minimum atomic E-state index is 0.433. The largest absolute Gasteiger partial charge is 0.377 e. The lowest BCUT2D eigenvalue weighted by Gasteiger charge is -2.18. The zero-order valence-electron chi connectivity index (χ0n) is 9.70. The number of hydrogen-bond acceptors (Lipinski definition) is 2. The van der Waals surface area contributed by atoms with Crippen molar-refractivity contribution in [3.8, 4) is 0 Å². The Morgan fingerprint density at radius 1 is 1.33 bits per heavy atom. The van der Waals surface area contributed by atoms with Crippen molar-refractivity contribution >= 4 is 44.6 Å². The average Bonchev–Trinajstić information content (AvgIpc) is 3.05. The number of rotatable bonds is 4. The van der Waals surface area contributed by atoms with Gasteiger partial charge in [0.05, 0.1) is 11.1 Å². The van der Waals surface area contributed by atoms with Gasteiger partial charge in [0.15, 0.2) is 0 Å². The van der Waals surface area contributed by atoms with Gasteiger partial charge in [0.2, 0.25) is 0 Å². The standard InChI is InChI=1S/C14H13BrClNS/c15-11-6-5-10(8-12(11)16)17-14(9-3-4-9)13-2-1-7-18-13/h1-2,5-9,14,17H,3-4H2. The van der Waals surface area contributed by atoms with Crippen LogP contribution in [0, 0.1) is 5.92 Å². The highest BCUT2D eigenvalue weighted by Crippen LogP contribution is 2.44. The van der Waals surface area contributed by atoms with Crippen LogP contribution in [0.5, 0.6) is 0 Å². The molecule has 18 heavy (non-hydrogen) atoms. The number of benzene rings is 1. The summed E-state index contributed by atoms with van der Waals surface area (Å²) in [5.41, 5.74) is 1.09. The Balaban J connectivity index is 1.82. The quantitative estimate of drug-likeness (QED) is 0.748. The first kappa shape index (κ1) is 12.5. The molecule has 0 radical (unpaired) electrons. The minimum Gasteiger partial charge on any atom is -0.377 e. The molecule has 94 valence electrons. The Kier molecular flexibility index (Phi) is 3.64. The monoisotopic (exact) mass is 341 g/mol. The summed E-state index contributed by atoms with van der Waals surface area (Å²) in [5.74, 6) is 0.770. The van der Waals surface area contributed by atoms with E-state index in [1.54, 1.807) is 0 Å². The lowest BCUT2D eigenvalue weighted by molar-refractivity contribution is 0.691. The normalized spacial score (nSPS) is 16.6. The first-order valence-corrected chi connectivity index (χ1v) is 8.04. The number of nitrogens with one attached hydrogen (secondary N) is 1. The van der Waals surface area contributed by atoms with Crippen LogP contribution in [0.4, 0.5) is 5.69 Å². The fraction of sp³-hybridized carbons (Fsp3) is 0.286. The molecule has 3 rings (SSSR count). The third kappa shape index (κ3) is 2.73. The van der Waals surface area contributed by atoms with Gasteiger partial charge in [-0.2, -0.15) is 0 Å². The summed E-state index contributed by atoms with van der Waals surface area (Å²) in [7, 11) is 0. The molecule has 1 fully saturated rings. The van der Waals surface area contributed by atoms with Crippen LogP contribution in [0.1, 0.15) is 23.8 Å². The van der Waals surface area contributed by atoms with Crippen molar-refractivity contribution in [2.75, 3.05) is 5.32 Å². The van der Waals surface area contributed by atoms with Crippen LogP contribution >= 0.6 is 38.9 Å². The molecule has 1 saturated carbocycles. The molecule has 0 spiro atoms. The van der Waals surface area contributed by atoms with Gasteiger partial charge in [-0.25, -0.2) is 0 Å². The second-order valence-electron chi connectivity index (χ2n) is 4.60. The van der Waals surface area contributed by atoms with E-state index in [-0.39, 0.29) is 0 Å².